The highest BCUT2D eigenvalue weighted by Gasteiger charge is 2.65. The number of aliphatic hydroxyl groups excluding tert-OH is 2. The number of hydrogen-bond donors (Lipinski definition) is 2. The van der Waals surface area contributed by atoms with Crippen molar-refractivity contribution in [1.82, 2.24) is 15.0 Å². The van der Waals surface area contributed by atoms with Crippen molar-refractivity contribution < 1.29 is 43.5 Å². The molecule has 2 N–H and O–H groups in total. The average molecular weight is 721 g/mol. The number of unbranched alkanes of at least 4 members (excludes halogenated alkanes) is 2. The lowest BCUT2D eigenvalue weighted by atomic mass is 9.55. The number of aliphatic hydroxyl groups is 2. The van der Waals surface area contributed by atoms with Crippen LogP contribution < -0.4 is 9.47 Å². The van der Waals surface area contributed by atoms with Crippen LogP contribution in [-0.4, -0.2) is 89.1 Å². The summed E-state index contributed by atoms with van der Waals surface area (Å²) in [5.74, 6) is -1.12. The Morgan fingerprint density at radius 2 is 1.92 bits per heavy atom. The summed E-state index contributed by atoms with van der Waals surface area (Å²) in [6, 6.07) is 5.10. The van der Waals surface area contributed by atoms with Crippen LogP contribution in [0.3, 0.4) is 0 Å². The van der Waals surface area contributed by atoms with Crippen LogP contribution in [0.1, 0.15) is 92.2 Å². The SMILES string of the molecule is C=CCOc1ccc2c(c1)C1C(CCCCO)C(CCCCO)C=C3C(=NOC4CCCCO4)CC(n4nncc4C(=O)OC)C(OCC=C)(O2)C31. The van der Waals surface area contributed by atoms with Gasteiger partial charge in [0.1, 0.15) is 24.1 Å². The molecule has 3 heterocycles. The number of aromatic nitrogens is 3. The van der Waals surface area contributed by atoms with Crippen LogP contribution in [-0.2, 0) is 19.0 Å². The van der Waals surface area contributed by atoms with E-state index in [2.05, 4.69) is 35.6 Å². The zero-order chi connectivity index (χ0) is 36.5. The van der Waals surface area contributed by atoms with E-state index in [1.807, 2.05) is 12.1 Å². The van der Waals surface area contributed by atoms with E-state index in [1.165, 1.54) is 18.0 Å². The quantitative estimate of drug-likeness (QED) is 0.0848. The number of oxime groups is 1. The fraction of sp³-hybridized carbons (Fsp3) is 0.590. The standard InChI is InChI=1S/C39H52N4O9/c1-4-19-48-27-15-16-33-30(23-27)36-28(13-7-10-18-45)26(12-6-9-17-44)22-29-31(41-52-35-14-8-11-21-49-35)24-34(39(51-33,37(29)36)50-20-5-2)43-32(25-40-42-43)38(46)47-3/h4-5,15-16,22-23,25-26,28,34-37,44-45H,1-2,6-14,17-21,24H2,3H3. The van der Waals surface area contributed by atoms with Crippen molar-refractivity contribution in [1.29, 1.82) is 0 Å². The number of rotatable bonds is 18. The zero-order valence-electron chi connectivity index (χ0n) is 30.1. The van der Waals surface area contributed by atoms with Gasteiger partial charge in [0.2, 0.25) is 12.1 Å². The number of fused-ring (bicyclic) bond motifs is 2. The van der Waals surface area contributed by atoms with E-state index >= 15 is 0 Å². The molecule has 7 atom stereocenters. The molecule has 1 aromatic carbocycles. The number of esters is 1. The Bertz CT molecular complexity index is 1600. The van der Waals surface area contributed by atoms with Gasteiger partial charge in [-0.3, -0.25) is 0 Å². The third-order valence-corrected chi connectivity index (χ3v) is 10.7. The summed E-state index contributed by atoms with van der Waals surface area (Å²) < 4.78 is 32.7. The maximum absolute atomic E-state index is 13.2. The Balaban J connectivity index is 1.59. The molecule has 2 aliphatic heterocycles. The third-order valence-electron chi connectivity index (χ3n) is 10.7. The van der Waals surface area contributed by atoms with Gasteiger partial charge in [0.25, 0.3) is 0 Å². The Kier molecular flexibility index (Phi) is 12.8. The topological polar surface area (TPSA) is 156 Å². The molecule has 282 valence electrons. The van der Waals surface area contributed by atoms with Crippen LogP contribution in [0.5, 0.6) is 11.5 Å². The number of ether oxygens (including phenoxy) is 5. The highest BCUT2D eigenvalue weighted by molar-refractivity contribution is 6.02. The van der Waals surface area contributed by atoms with Gasteiger partial charge in [0, 0.05) is 37.5 Å². The molecule has 0 spiro atoms. The highest BCUT2D eigenvalue weighted by atomic mass is 16.8. The van der Waals surface area contributed by atoms with Gasteiger partial charge in [0.05, 0.1) is 38.1 Å². The highest BCUT2D eigenvalue weighted by Crippen LogP contribution is 2.63. The third kappa shape index (κ3) is 7.68. The minimum atomic E-state index is -1.40. The number of methoxy groups -OCH3 is 1. The zero-order valence-corrected chi connectivity index (χ0v) is 30.1. The van der Waals surface area contributed by atoms with E-state index < -0.39 is 30.0 Å². The van der Waals surface area contributed by atoms with E-state index in [-0.39, 0.29) is 49.7 Å². The molecule has 1 aromatic heterocycles. The molecule has 0 amide bonds. The molecule has 13 nitrogen and oxygen atoms in total. The summed E-state index contributed by atoms with van der Waals surface area (Å²) in [5, 5.41) is 33.0. The Labute approximate surface area is 305 Å². The number of carbonyl (C=O) groups excluding carboxylic acids is 1. The van der Waals surface area contributed by atoms with Crippen molar-refractivity contribution in [3.8, 4) is 11.5 Å². The minimum absolute atomic E-state index is 0.0847. The van der Waals surface area contributed by atoms with Gasteiger partial charge in [-0.1, -0.05) is 48.0 Å². The second kappa shape index (κ2) is 17.7. The lowest BCUT2D eigenvalue weighted by molar-refractivity contribution is -0.252. The van der Waals surface area contributed by atoms with Crippen LogP contribution in [0.2, 0.25) is 0 Å². The molecule has 0 radical (unpaired) electrons. The van der Waals surface area contributed by atoms with E-state index in [9.17, 15) is 15.0 Å². The second-order valence-corrected chi connectivity index (χ2v) is 13.8. The molecular weight excluding hydrogens is 668 g/mol. The number of hydrogen-bond acceptors (Lipinski definition) is 12. The Hall–Kier alpha value is -4.04. The van der Waals surface area contributed by atoms with Crippen LogP contribution in [0.15, 0.2) is 66.5 Å². The van der Waals surface area contributed by atoms with E-state index in [0.717, 1.165) is 56.1 Å². The monoisotopic (exact) mass is 720 g/mol. The lowest BCUT2D eigenvalue weighted by Crippen LogP contribution is -2.63. The van der Waals surface area contributed by atoms with Gasteiger partial charge in [-0.15, -0.1) is 11.7 Å². The first kappa shape index (κ1) is 37.7. The van der Waals surface area contributed by atoms with Gasteiger partial charge in [-0.2, -0.15) is 0 Å². The normalized spacial score (nSPS) is 28.5. The van der Waals surface area contributed by atoms with Crippen LogP contribution in [0.25, 0.3) is 0 Å². The number of carbonyl (C=O) groups is 1. The molecule has 2 fully saturated rings. The average Bonchev–Trinajstić information content (AvgIpc) is 3.66. The number of nitrogens with zero attached hydrogens (tertiary/aromatic N) is 4. The first-order valence-electron chi connectivity index (χ1n) is 18.6. The van der Waals surface area contributed by atoms with E-state index in [4.69, 9.17) is 33.7 Å². The fourth-order valence-corrected chi connectivity index (χ4v) is 8.46. The molecule has 6 rings (SSSR count). The second-order valence-electron chi connectivity index (χ2n) is 13.8. The van der Waals surface area contributed by atoms with Crippen molar-refractivity contribution in [2.45, 2.75) is 88.2 Å². The molecule has 52 heavy (non-hydrogen) atoms. The van der Waals surface area contributed by atoms with Gasteiger partial charge >= 0.3 is 5.97 Å². The molecule has 1 saturated carbocycles. The van der Waals surface area contributed by atoms with Crippen LogP contribution in [0, 0.1) is 17.8 Å². The first-order valence-corrected chi connectivity index (χ1v) is 18.6. The minimum Gasteiger partial charge on any atom is -0.490 e. The maximum atomic E-state index is 13.2. The summed E-state index contributed by atoms with van der Waals surface area (Å²) in [7, 11) is 1.32. The van der Waals surface area contributed by atoms with Crippen molar-refractivity contribution in [3.63, 3.8) is 0 Å². The predicted molar refractivity (Wildman–Crippen MR) is 192 cm³/mol. The summed E-state index contributed by atoms with van der Waals surface area (Å²) in [5.41, 5.74) is 2.75. The molecule has 0 bridgehead atoms. The molecular formula is C39H52N4O9. The van der Waals surface area contributed by atoms with E-state index in [0.29, 0.717) is 43.3 Å². The summed E-state index contributed by atoms with van der Waals surface area (Å²) in [6.07, 6.45) is 14.2. The molecule has 13 heteroatoms. The summed E-state index contributed by atoms with van der Waals surface area (Å²) in [4.78, 5) is 19.3. The number of allylic oxidation sites excluding steroid dienone is 1. The molecule has 2 aromatic rings. The van der Waals surface area contributed by atoms with Crippen molar-refractivity contribution >= 4 is 11.7 Å². The molecule has 1 saturated heterocycles. The van der Waals surface area contributed by atoms with Gasteiger partial charge in [-0.25, -0.2) is 9.48 Å². The van der Waals surface area contributed by atoms with Crippen LogP contribution in [0.4, 0.5) is 0 Å². The van der Waals surface area contributed by atoms with Crippen LogP contribution >= 0.6 is 0 Å². The van der Waals surface area contributed by atoms with E-state index in [1.54, 1.807) is 12.2 Å². The Morgan fingerprint density at radius 3 is 2.65 bits per heavy atom. The Morgan fingerprint density at radius 1 is 1.12 bits per heavy atom. The van der Waals surface area contributed by atoms with Crippen molar-refractivity contribution in [3.05, 3.63) is 72.6 Å². The van der Waals surface area contributed by atoms with Crippen molar-refractivity contribution in [2.75, 3.05) is 40.1 Å². The fourth-order valence-electron chi connectivity index (χ4n) is 8.46. The largest absolute Gasteiger partial charge is 0.490 e. The first-order chi connectivity index (χ1) is 25.5. The molecule has 7 unspecified atom stereocenters. The lowest BCUT2D eigenvalue weighted by Gasteiger charge is -2.58. The molecule has 4 aliphatic rings. The predicted octanol–water partition coefficient (Wildman–Crippen LogP) is 5.66. The molecule has 2 aliphatic carbocycles. The van der Waals surface area contributed by atoms with Crippen molar-refractivity contribution in [2.24, 2.45) is 22.9 Å². The van der Waals surface area contributed by atoms with Gasteiger partial charge < -0.3 is 38.7 Å². The number of benzene rings is 1. The summed E-state index contributed by atoms with van der Waals surface area (Å²) >= 11 is 0. The smallest absolute Gasteiger partial charge is 0.358 e. The van der Waals surface area contributed by atoms with Gasteiger partial charge in [0.15, 0.2) is 5.69 Å². The maximum Gasteiger partial charge on any atom is 0.358 e. The summed E-state index contributed by atoms with van der Waals surface area (Å²) in [6.45, 7) is 9.11. The van der Waals surface area contributed by atoms with Gasteiger partial charge in [-0.05, 0) is 74.1 Å².